The SMILES string of the molecule is CCCC1C[C@H]2[C@@H]3CC=C4C=CCC[C@]4(C)[C@@H]3CC[C@]2(C)C1=O. The Balaban J connectivity index is 1.68. The van der Waals surface area contributed by atoms with Gasteiger partial charge in [-0.05, 0) is 73.7 Å². The summed E-state index contributed by atoms with van der Waals surface area (Å²) in [6, 6.07) is 0. The van der Waals surface area contributed by atoms with Crippen molar-refractivity contribution in [2.75, 3.05) is 0 Å². The summed E-state index contributed by atoms with van der Waals surface area (Å²) in [5.74, 6) is 3.17. The van der Waals surface area contributed by atoms with Crippen molar-refractivity contribution < 1.29 is 4.79 Å². The minimum atomic E-state index is -0.00673. The molecule has 0 aromatic rings. The number of rotatable bonds is 2. The van der Waals surface area contributed by atoms with E-state index in [2.05, 4.69) is 39.0 Å². The summed E-state index contributed by atoms with van der Waals surface area (Å²) in [6.07, 6.45) is 16.9. The van der Waals surface area contributed by atoms with Gasteiger partial charge in [0.05, 0.1) is 0 Å². The largest absolute Gasteiger partial charge is 0.299 e. The molecule has 4 aliphatic rings. The van der Waals surface area contributed by atoms with Gasteiger partial charge in [-0.15, -0.1) is 0 Å². The summed E-state index contributed by atoms with van der Waals surface area (Å²) >= 11 is 0. The second-order valence-corrected chi connectivity index (χ2v) is 9.17. The van der Waals surface area contributed by atoms with Crippen molar-refractivity contribution in [3.05, 3.63) is 23.8 Å². The van der Waals surface area contributed by atoms with Gasteiger partial charge in [0.25, 0.3) is 0 Å². The number of ketones is 1. The lowest BCUT2D eigenvalue weighted by atomic mass is 9.49. The van der Waals surface area contributed by atoms with Crippen LogP contribution in [-0.2, 0) is 4.79 Å². The lowest BCUT2D eigenvalue weighted by molar-refractivity contribution is -0.134. The lowest BCUT2D eigenvalue weighted by Gasteiger charge is -2.55. The molecule has 2 saturated carbocycles. The van der Waals surface area contributed by atoms with Crippen LogP contribution in [0.25, 0.3) is 0 Å². The Morgan fingerprint density at radius 3 is 2.78 bits per heavy atom. The van der Waals surface area contributed by atoms with Crippen LogP contribution in [0, 0.1) is 34.5 Å². The van der Waals surface area contributed by atoms with Crippen LogP contribution in [-0.4, -0.2) is 5.78 Å². The fourth-order valence-corrected chi connectivity index (χ4v) is 6.84. The Morgan fingerprint density at radius 1 is 1.17 bits per heavy atom. The highest BCUT2D eigenvalue weighted by atomic mass is 16.1. The molecule has 1 heteroatoms. The highest BCUT2D eigenvalue weighted by Gasteiger charge is 2.60. The van der Waals surface area contributed by atoms with Crippen LogP contribution in [0.15, 0.2) is 23.8 Å². The van der Waals surface area contributed by atoms with Crippen LogP contribution >= 0.6 is 0 Å². The summed E-state index contributed by atoms with van der Waals surface area (Å²) in [5.41, 5.74) is 1.97. The minimum absolute atomic E-state index is 0.00673. The van der Waals surface area contributed by atoms with E-state index in [0.717, 1.165) is 31.1 Å². The molecule has 1 unspecified atom stereocenters. The van der Waals surface area contributed by atoms with Gasteiger partial charge in [-0.1, -0.05) is 45.4 Å². The molecule has 0 aromatic carbocycles. The third-order valence-corrected chi connectivity index (χ3v) is 8.15. The molecule has 6 atom stereocenters. The summed E-state index contributed by atoms with van der Waals surface area (Å²) in [4.78, 5) is 13.1. The van der Waals surface area contributed by atoms with Crippen LogP contribution in [0.3, 0.4) is 0 Å². The van der Waals surface area contributed by atoms with Crippen LogP contribution in [0.2, 0.25) is 0 Å². The molecule has 23 heavy (non-hydrogen) atoms. The average molecular weight is 312 g/mol. The average Bonchev–Trinajstić information content (AvgIpc) is 2.79. The number of allylic oxidation sites excluding steroid dienone is 4. The molecule has 0 bridgehead atoms. The van der Waals surface area contributed by atoms with Crippen LogP contribution < -0.4 is 0 Å². The van der Waals surface area contributed by atoms with Gasteiger partial charge in [-0.3, -0.25) is 4.79 Å². The standard InChI is InChI=1S/C22H32O/c1-4-7-15-14-19-17-10-9-16-8-5-6-12-21(16,2)18(17)11-13-22(19,3)20(15)23/h5,8-9,15,17-19H,4,6-7,10-14H2,1-3H3/t15?,17-,18-,19+,21+,22+/m1/s1. The van der Waals surface area contributed by atoms with Crippen LogP contribution in [0.1, 0.15) is 72.1 Å². The molecular formula is C22H32O. The number of Topliss-reactive ketones (excluding diaryl/α,β-unsaturated/α-hetero) is 1. The first-order chi connectivity index (χ1) is 11.0. The highest BCUT2D eigenvalue weighted by molar-refractivity contribution is 5.89. The molecule has 2 fully saturated rings. The monoisotopic (exact) mass is 312 g/mol. The summed E-state index contributed by atoms with van der Waals surface area (Å²) in [6.45, 7) is 7.06. The van der Waals surface area contributed by atoms with E-state index in [0.29, 0.717) is 23.0 Å². The first-order valence-electron chi connectivity index (χ1n) is 9.92. The molecule has 0 N–H and O–H groups in total. The Hall–Kier alpha value is -0.850. The predicted molar refractivity (Wildman–Crippen MR) is 95.0 cm³/mol. The van der Waals surface area contributed by atoms with E-state index in [1.165, 1.54) is 32.1 Å². The van der Waals surface area contributed by atoms with Crippen molar-refractivity contribution in [1.82, 2.24) is 0 Å². The highest BCUT2D eigenvalue weighted by Crippen LogP contribution is 2.64. The summed E-state index contributed by atoms with van der Waals surface area (Å²) in [7, 11) is 0. The van der Waals surface area contributed by atoms with Gasteiger partial charge >= 0.3 is 0 Å². The van der Waals surface area contributed by atoms with Gasteiger partial charge in [0, 0.05) is 11.3 Å². The van der Waals surface area contributed by atoms with Crippen molar-refractivity contribution >= 4 is 5.78 Å². The van der Waals surface area contributed by atoms with E-state index in [1.54, 1.807) is 5.57 Å². The zero-order valence-electron chi connectivity index (χ0n) is 15.1. The zero-order chi connectivity index (χ0) is 16.2. The molecule has 1 nitrogen and oxygen atoms in total. The number of carbonyl (C=O) groups is 1. The summed E-state index contributed by atoms with van der Waals surface area (Å²) in [5, 5.41) is 0. The van der Waals surface area contributed by atoms with Gasteiger partial charge in [0.2, 0.25) is 0 Å². The normalized spacial score (nSPS) is 48.5. The lowest BCUT2D eigenvalue weighted by Crippen LogP contribution is -2.49. The minimum Gasteiger partial charge on any atom is -0.299 e. The fraction of sp³-hybridized carbons (Fsp3) is 0.773. The molecule has 4 aliphatic carbocycles. The van der Waals surface area contributed by atoms with Crippen molar-refractivity contribution in [1.29, 1.82) is 0 Å². The van der Waals surface area contributed by atoms with E-state index in [-0.39, 0.29) is 5.41 Å². The molecule has 4 rings (SSSR count). The topological polar surface area (TPSA) is 17.1 Å². The molecule has 0 spiro atoms. The fourth-order valence-electron chi connectivity index (χ4n) is 6.84. The molecule has 0 aliphatic heterocycles. The maximum Gasteiger partial charge on any atom is 0.142 e. The Bertz CT molecular complexity index is 571. The third-order valence-electron chi connectivity index (χ3n) is 8.15. The Morgan fingerprint density at radius 2 is 2.00 bits per heavy atom. The molecule has 126 valence electrons. The second kappa shape index (κ2) is 5.33. The molecule has 0 saturated heterocycles. The van der Waals surface area contributed by atoms with Crippen LogP contribution in [0.5, 0.6) is 0 Å². The van der Waals surface area contributed by atoms with Gasteiger partial charge in [-0.2, -0.15) is 0 Å². The van der Waals surface area contributed by atoms with E-state index < -0.39 is 0 Å². The number of fused-ring (bicyclic) bond motifs is 5. The van der Waals surface area contributed by atoms with Gasteiger partial charge in [0.1, 0.15) is 5.78 Å². The second-order valence-electron chi connectivity index (χ2n) is 9.17. The Kier molecular flexibility index (Phi) is 3.63. The van der Waals surface area contributed by atoms with Gasteiger partial charge < -0.3 is 0 Å². The van der Waals surface area contributed by atoms with Crippen LogP contribution in [0.4, 0.5) is 0 Å². The first kappa shape index (κ1) is 15.7. The van der Waals surface area contributed by atoms with E-state index in [9.17, 15) is 4.79 Å². The van der Waals surface area contributed by atoms with Crippen molar-refractivity contribution in [2.45, 2.75) is 72.1 Å². The number of hydrogen-bond acceptors (Lipinski definition) is 1. The maximum absolute atomic E-state index is 13.1. The number of hydrogen-bond donors (Lipinski definition) is 0. The quantitative estimate of drug-likeness (QED) is 0.638. The van der Waals surface area contributed by atoms with Gasteiger partial charge in [-0.25, -0.2) is 0 Å². The zero-order valence-corrected chi connectivity index (χ0v) is 15.1. The van der Waals surface area contributed by atoms with Crippen molar-refractivity contribution in [3.8, 4) is 0 Å². The molecule has 0 radical (unpaired) electrons. The summed E-state index contributed by atoms with van der Waals surface area (Å²) < 4.78 is 0. The maximum atomic E-state index is 13.1. The van der Waals surface area contributed by atoms with Gasteiger partial charge in [0.15, 0.2) is 0 Å². The smallest absolute Gasteiger partial charge is 0.142 e. The first-order valence-corrected chi connectivity index (χ1v) is 9.92. The van der Waals surface area contributed by atoms with E-state index >= 15 is 0 Å². The third kappa shape index (κ3) is 2.07. The Labute approximate surface area is 141 Å². The molecule has 0 heterocycles. The molecule has 0 amide bonds. The molecular weight excluding hydrogens is 280 g/mol. The van der Waals surface area contributed by atoms with Crippen molar-refractivity contribution in [3.63, 3.8) is 0 Å². The predicted octanol–water partition coefficient (Wildman–Crippen LogP) is 5.71. The van der Waals surface area contributed by atoms with E-state index in [1.807, 2.05) is 0 Å². The van der Waals surface area contributed by atoms with E-state index in [4.69, 9.17) is 0 Å². The van der Waals surface area contributed by atoms with Crippen molar-refractivity contribution in [2.24, 2.45) is 34.5 Å². The molecule has 0 aromatic heterocycles. The number of carbonyl (C=O) groups excluding carboxylic acids is 1.